The molecule has 0 heterocycles. The zero-order valence-corrected chi connectivity index (χ0v) is 10.1. The van der Waals surface area contributed by atoms with Crippen LogP contribution in [0.3, 0.4) is 0 Å². The minimum atomic E-state index is 0.0783. The molecule has 0 bridgehead atoms. The first-order valence-electron chi connectivity index (χ1n) is 3.92. The highest BCUT2D eigenvalue weighted by atomic mass is 79.9. The highest BCUT2D eigenvalue weighted by Crippen LogP contribution is 2.16. The second kappa shape index (κ2) is 7.87. The second-order valence-corrected chi connectivity index (χ2v) is 4.34. The van der Waals surface area contributed by atoms with Gasteiger partial charge in [-0.3, -0.25) is 0 Å². The molecule has 12 heavy (non-hydrogen) atoms. The summed E-state index contributed by atoms with van der Waals surface area (Å²) >= 11 is 6.69. The summed E-state index contributed by atoms with van der Waals surface area (Å²) in [5.41, 5.74) is 0. The molecule has 0 fully saturated rings. The Labute approximate surface area is 90.8 Å². The van der Waals surface area contributed by atoms with Gasteiger partial charge < -0.3 is 5.11 Å². The first kappa shape index (κ1) is 12.2. The molecule has 0 aromatic rings. The number of rotatable bonds is 6. The van der Waals surface area contributed by atoms with E-state index in [-0.39, 0.29) is 4.83 Å². The van der Waals surface area contributed by atoms with Gasteiger partial charge in [0.2, 0.25) is 0 Å². The predicted octanol–water partition coefficient (Wildman–Crippen LogP) is 3.94. The van der Waals surface area contributed by atoms with E-state index in [9.17, 15) is 5.11 Å². The number of aliphatic hydroxyl groups is 1. The smallest absolute Gasteiger partial charge is 0.102 e. The molecule has 0 aliphatic carbocycles. The average Bonchev–Trinajstić information content (AvgIpc) is 2.10. The molecule has 0 aromatic carbocycles. The fraction of sp³-hybridized carbons (Fsp3) is 0.556. The van der Waals surface area contributed by atoms with E-state index in [1.54, 1.807) is 0 Å². The van der Waals surface area contributed by atoms with Crippen LogP contribution in [0.1, 0.15) is 19.3 Å². The Morgan fingerprint density at radius 2 is 2.17 bits per heavy atom. The third-order valence-corrected chi connectivity index (χ3v) is 2.79. The molecular formula is C9H14Br2O. The zero-order chi connectivity index (χ0) is 9.40. The summed E-state index contributed by atoms with van der Waals surface area (Å²) in [6, 6.07) is 0. The van der Waals surface area contributed by atoms with E-state index >= 15 is 0 Å². The van der Waals surface area contributed by atoms with E-state index in [4.69, 9.17) is 0 Å². The van der Waals surface area contributed by atoms with Gasteiger partial charge in [0.25, 0.3) is 0 Å². The van der Waals surface area contributed by atoms with Crippen molar-refractivity contribution in [2.75, 3.05) is 5.33 Å². The lowest BCUT2D eigenvalue weighted by molar-refractivity contribution is 0.389. The van der Waals surface area contributed by atoms with E-state index in [0.29, 0.717) is 5.76 Å². The van der Waals surface area contributed by atoms with Crippen LogP contribution in [0, 0.1) is 0 Å². The van der Waals surface area contributed by atoms with Gasteiger partial charge in [0.15, 0.2) is 0 Å². The Kier molecular flexibility index (Phi) is 8.02. The monoisotopic (exact) mass is 296 g/mol. The molecule has 0 spiro atoms. The number of hydrogen-bond acceptors (Lipinski definition) is 1. The Balaban J connectivity index is 3.73. The van der Waals surface area contributed by atoms with Gasteiger partial charge in [-0.25, -0.2) is 0 Å². The van der Waals surface area contributed by atoms with Crippen LogP contribution in [0.15, 0.2) is 24.5 Å². The molecule has 1 atom stereocenters. The lowest BCUT2D eigenvalue weighted by Gasteiger charge is -2.06. The molecule has 0 rings (SSSR count). The largest absolute Gasteiger partial charge is 0.511 e. The van der Waals surface area contributed by atoms with Crippen molar-refractivity contribution in [2.45, 2.75) is 24.1 Å². The topological polar surface area (TPSA) is 20.2 Å². The van der Waals surface area contributed by atoms with Crippen molar-refractivity contribution >= 4 is 31.9 Å². The molecule has 0 saturated heterocycles. The van der Waals surface area contributed by atoms with Gasteiger partial charge in [-0.1, -0.05) is 37.9 Å². The lowest BCUT2D eigenvalue weighted by atomic mass is 10.2. The maximum Gasteiger partial charge on any atom is 0.102 e. The minimum Gasteiger partial charge on any atom is -0.511 e. The molecule has 0 aliphatic rings. The summed E-state index contributed by atoms with van der Waals surface area (Å²) in [5, 5.41) is 10.3. The molecule has 70 valence electrons. The highest BCUT2D eigenvalue weighted by Gasteiger charge is 2.06. The van der Waals surface area contributed by atoms with Gasteiger partial charge in [0.05, 0.1) is 4.83 Å². The SMILES string of the molecule is C=CCCC(Br)C(O)=CCCBr. The summed E-state index contributed by atoms with van der Waals surface area (Å²) < 4.78 is 0. The molecule has 0 saturated carbocycles. The molecule has 3 heteroatoms. The molecule has 1 N–H and O–H groups in total. The van der Waals surface area contributed by atoms with Crippen molar-refractivity contribution in [1.29, 1.82) is 0 Å². The average molecular weight is 298 g/mol. The van der Waals surface area contributed by atoms with Gasteiger partial charge >= 0.3 is 0 Å². The third-order valence-electron chi connectivity index (χ3n) is 1.41. The van der Waals surface area contributed by atoms with Crippen LogP contribution < -0.4 is 0 Å². The fourth-order valence-electron chi connectivity index (χ4n) is 0.742. The first-order chi connectivity index (χ1) is 5.72. The Morgan fingerprint density at radius 3 is 2.67 bits per heavy atom. The van der Waals surface area contributed by atoms with E-state index in [0.717, 1.165) is 24.6 Å². The summed E-state index contributed by atoms with van der Waals surface area (Å²) in [6.07, 6.45) is 6.36. The van der Waals surface area contributed by atoms with Crippen molar-refractivity contribution in [3.05, 3.63) is 24.5 Å². The third kappa shape index (κ3) is 5.84. The number of aliphatic hydroxyl groups excluding tert-OH is 1. The Morgan fingerprint density at radius 1 is 1.50 bits per heavy atom. The maximum atomic E-state index is 9.43. The Bertz CT molecular complexity index is 155. The molecular weight excluding hydrogens is 284 g/mol. The van der Waals surface area contributed by atoms with Crippen molar-refractivity contribution in [1.82, 2.24) is 0 Å². The molecule has 0 aromatic heterocycles. The van der Waals surface area contributed by atoms with Crippen molar-refractivity contribution in [3.63, 3.8) is 0 Å². The van der Waals surface area contributed by atoms with Crippen molar-refractivity contribution < 1.29 is 5.11 Å². The van der Waals surface area contributed by atoms with Crippen LogP contribution in [0.2, 0.25) is 0 Å². The summed E-state index contributed by atoms with van der Waals surface area (Å²) in [6.45, 7) is 3.62. The molecule has 1 unspecified atom stereocenters. The van der Waals surface area contributed by atoms with E-state index in [1.807, 2.05) is 12.2 Å². The van der Waals surface area contributed by atoms with Gasteiger partial charge in [-0.15, -0.1) is 6.58 Å². The van der Waals surface area contributed by atoms with E-state index in [1.165, 1.54) is 0 Å². The number of hydrogen-bond donors (Lipinski definition) is 1. The molecule has 0 aliphatic heterocycles. The van der Waals surface area contributed by atoms with Crippen molar-refractivity contribution in [3.8, 4) is 0 Å². The zero-order valence-electron chi connectivity index (χ0n) is 6.97. The summed E-state index contributed by atoms with van der Waals surface area (Å²) in [4.78, 5) is 0.0783. The molecule has 0 amide bonds. The van der Waals surface area contributed by atoms with Crippen LogP contribution in [-0.2, 0) is 0 Å². The van der Waals surface area contributed by atoms with Gasteiger partial charge in [-0.2, -0.15) is 0 Å². The molecule has 0 radical (unpaired) electrons. The Hall–Kier alpha value is 0.240. The van der Waals surface area contributed by atoms with Gasteiger partial charge in [0, 0.05) is 5.33 Å². The van der Waals surface area contributed by atoms with Gasteiger partial charge in [-0.05, 0) is 25.3 Å². The maximum absolute atomic E-state index is 9.43. The quantitative estimate of drug-likeness (QED) is 0.447. The highest BCUT2D eigenvalue weighted by molar-refractivity contribution is 9.09. The second-order valence-electron chi connectivity index (χ2n) is 2.44. The number of allylic oxidation sites excluding steroid dienone is 3. The lowest BCUT2D eigenvalue weighted by Crippen LogP contribution is -2.01. The summed E-state index contributed by atoms with van der Waals surface area (Å²) in [7, 11) is 0. The van der Waals surface area contributed by atoms with Crippen LogP contribution in [0.25, 0.3) is 0 Å². The van der Waals surface area contributed by atoms with Crippen LogP contribution in [0.4, 0.5) is 0 Å². The predicted molar refractivity (Wildman–Crippen MR) is 61.3 cm³/mol. The number of halogens is 2. The van der Waals surface area contributed by atoms with Gasteiger partial charge in [0.1, 0.15) is 5.76 Å². The van der Waals surface area contributed by atoms with E-state index < -0.39 is 0 Å². The normalized spacial score (nSPS) is 14.3. The fourth-order valence-corrected chi connectivity index (χ4v) is 1.42. The first-order valence-corrected chi connectivity index (χ1v) is 5.96. The van der Waals surface area contributed by atoms with Crippen LogP contribution >= 0.6 is 31.9 Å². The van der Waals surface area contributed by atoms with Crippen molar-refractivity contribution in [2.24, 2.45) is 0 Å². The van der Waals surface area contributed by atoms with E-state index in [2.05, 4.69) is 38.4 Å². The number of alkyl halides is 2. The van der Waals surface area contributed by atoms with Crippen LogP contribution in [-0.4, -0.2) is 15.3 Å². The summed E-state index contributed by atoms with van der Waals surface area (Å²) in [5.74, 6) is 0.427. The molecule has 1 nitrogen and oxygen atoms in total. The minimum absolute atomic E-state index is 0.0783. The standard InChI is InChI=1S/C9H14Br2O/c1-2-3-5-8(11)9(12)6-4-7-10/h2,6,8,12H,1,3-5,7H2. The van der Waals surface area contributed by atoms with Crippen LogP contribution in [0.5, 0.6) is 0 Å².